The molecule has 0 aromatic carbocycles. The van der Waals surface area contributed by atoms with Crippen LogP contribution in [0.5, 0.6) is 0 Å². The Morgan fingerprint density at radius 3 is 3.27 bits per heavy atom. The molecule has 4 heteroatoms. The predicted octanol–water partition coefficient (Wildman–Crippen LogP) is 0.297. The lowest BCUT2D eigenvalue weighted by atomic mass is 10.4. The molecule has 62 valence electrons. The lowest BCUT2D eigenvalue weighted by Crippen LogP contribution is -2.30. The van der Waals surface area contributed by atoms with Crippen molar-refractivity contribution in [3.8, 4) is 0 Å². The Morgan fingerprint density at radius 2 is 2.73 bits per heavy atom. The van der Waals surface area contributed by atoms with E-state index >= 15 is 0 Å². The van der Waals surface area contributed by atoms with Gasteiger partial charge in [0.25, 0.3) is 0 Å². The molecule has 0 aromatic rings. The molecule has 1 aliphatic heterocycles. The number of carbonyl (C=O) groups is 1. The molecule has 1 fully saturated rings. The van der Waals surface area contributed by atoms with Crippen LogP contribution < -0.4 is 5.32 Å². The average Bonchev–Trinajstić information content (AvgIpc) is 2.37. The van der Waals surface area contributed by atoms with Crippen molar-refractivity contribution in [3.05, 3.63) is 12.7 Å². The number of rotatable bonds is 4. The molecule has 1 rings (SSSR count). The van der Waals surface area contributed by atoms with Gasteiger partial charge in [-0.15, -0.1) is 6.58 Å². The number of hydrogen-bond donors (Lipinski definition) is 1. The second kappa shape index (κ2) is 3.98. The van der Waals surface area contributed by atoms with E-state index in [0.717, 1.165) is 0 Å². The van der Waals surface area contributed by atoms with Gasteiger partial charge in [-0.1, -0.05) is 6.08 Å². The largest absolute Gasteiger partial charge is 0.447 e. The standard InChI is InChI=1S/C7H11NO3/c1-2-3-10-4-6-5-11-7(9)8-6/h2,6H,1,3-5H2,(H,8,9). The summed E-state index contributed by atoms with van der Waals surface area (Å²) in [7, 11) is 0. The Morgan fingerprint density at radius 1 is 1.91 bits per heavy atom. The summed E-state index contributed by atoms with van der Waals surface area (Å²) in [6.45, 7) is 4.89. The third kappa shape index (κ3) is 2.59. The monoisotopic (exact) mass is 157 g/mol. The van der Waals surface area contributed by atoms with Crippen LogP contribution in [0, 0.1) is 0 Å². The normalized spacial score (nSPS) is 22.5. The highest BCUT2D eigenvalue weighted by atomic mass is 16.6. The fourth-order valence-corrected chi connectivity index (χ4v) is 0.810. The van der Waals surface area contributed by atoms with Crippen LogP contribution in [-0.4, -0.2) is 32.0 Å². The van der Waals surface area contributed by atoms with Gasteiger partial charge < -0.3 is 14.8 Å². The van der Waals surface area contributed by atoms with E-state index < -0.39 is 0 Å². The van der Waals surface area contributed by atoms with E-state index in [1.54, 1.807) is 6.08 Å². The SMILES string of the molecule is C=CCOCC1COC(=O)N1. The number of hydrogen-bond acceptors (Lipinski definition) is 3. The molecule has 1 saturated heterocycles. The third-order valence-electron chi connectivity index (χ3n) is 1.29. The molecular weight excluding hydrogens is 146 g/mol. The topological polar surface area (TPSA) is 47.6 Å². The zero-order valence-electron chi connectivity index (χ0n) is 6.21. The molecule has 1 aliphatic rings. The summed E-state index contributed by atoms with van der Waals surface area (Å²) in [6.07, 6.45) is 1.30. The Bertz CT molecular complexity index is 158. The zero-order valence-corrected chi connectivity index (χ0v) is 6.21. The van der Waals surface area contributed by atoms with E-state index in [1.165, 1.54) is 0 Å². The van der Waals surface area contributed by atoms with E-state index in [0.29, 0.717) is 19.8 Å². The summed E-state index contributed by atoms with van der Waals surface area (Å²) < 4.78 is 9.74. The molecule has 0 aliphatic carbocycles. The van der Waals surface area contributed by atoms with Crippen LogP contribution in [-0.2, 0) is 9.47 Å². The molecule has 0 aromatic heterocycles. The van der Waals surface area contributed by atoms with Crippen LogP contribution in [0.15, 0.2) is 12.7 Å². The van der Waals surface area contributed by atoms with Crippen LogP contribution in [0.25, 0.3) is 0 Å². The number of amides is 1. The van der Waals surface area contributed by atoms with Crippen LogP contribution >= 0.6 is 0 Å². The van der Waals surface area contributed by atoms with Gasteiger partial charge >= 0.3 is 6.09 Å². The quantitative estimate of drug-likeness (QED) is 0.471. The number of cyclic esters (lactones) is 1. The van der Waals surface area contributed by atoms with Crippen molar-refractivity contribution >= 4 is 6.09 Å². The Labute approximate surface area is 65.2 Å². The lowest BCUT2D eigenvalue weighted by molar-refractivity contribution is 0.133. The van der Waals surface area contributed by atoms with Crippen molar-refractivity contribution < 1.29 is 14.3 Å². The maximum absolute atomic E-state index is 10.5. The second-order valence-corrected chi connectivity index (χ2v) is 2.27. The highest BCUT2D eigenvalue weighted by molar-refractivity contribution is 5.69. The zero-order chi connectivity index (χ0) is 8.10. The number of ether oxygens (including phenoxy) is 2. The minimum absolute atomic E-state index is 0.00227. The minimum atomic E-state index is -0.364. The van der Waals surface area contributed by atoms with Gasteiger partial charge in [0.2, 0.25) is 0 Å². The van der Waals surface area contributed by atoms with Crippen molar-refractivity contribution in [2.75, 3.05) is 19.8 Å². The van der Waals surface area contributed by atoms with Crippen molar-refractivity contribution in [1.82, 2.24) is 5.32 Å². The molecule has 1 N–H and O–H groups in total. The van der Waals surface area contributed by atoms with Gasteiger partial charge in [-0.25, -0.2) is 4.79 Å². The number of alkyl carbamates (subject to hydrolysis) is 1. The van der Waals surface area contributed by atoms with Gasteiger partial charge in [0.1, 0.15) is 6.61 Å². The highest BCUT2D eigenvalue weighted by Crippen LogP contribution is 1.97. The molecule has 0 bridgehead atoms. The van der Waals surface area contributed by atoms with E-state index in [9.17, 15) is 4.79 Å². The molecule has 1 unspecified atom stereocenters. The molecule has 1 heterocycles. The first-order valence-electron chi connectivity index (χ1n) is 3.45. The molecule has 1 amide bonds. The van der Waals surface area contributed by atoms with E-state index in [-0.39, 0.29) is 12.1 Å². The summed E-state index contributed by atoms with van der Waals surface area (Å²) in [6, 6.07) is 0.00227. The summed E-state index contributed by atoms with van der Waals surface area (Å²) >= 11 is 0. The highest BCUT2D eigenvalue weighted by Gasteiger charge is 2.21. The molecule has 0 radical (unpaired) electrons. The molecule has 0 saturated carbocycles. The average molecular weight is 157 g/mol. The van der Waals surface area contributed by atoms with Gasteiger partial charge in [0.05, 0.1) is 19.3 Å². The maximum Gasteiger partial charge on any atom is 0.407 e. The summed E-state index contributed by atoms with van der Waals surface area (Å²) in [5, 5.41) is 2.59. The van der Waals surface area contributed by atoms with Crippen molar-refractivity contribution in [2.24, 2.45) is 0 Å². The Balaban J connectivity index is 2.08. The molecule has 4 nitrogen and oxygen atoms in total. The second-order valence-electron chi connectivity index (χ2n) is 2.27. The molecular formula is C7H11NO3. The van der Waals surface area contributed by atoms with Gasteiger partial charge in [-0.05, 0) is 0 Å². The lowest BCUT2D eigenvalue weighted by Gasteiger charge is -2.05. The first-order valence-corrected chi connectivity index (χ1v) is 3.45. The fourth-order valence-electron chi connectivity index (χ4n) is 0.810. The summed E-state index contributed by atoms with van der Waals surface area (Å²) in [5.41, 5.74) is 0. The van der Waals surface area contributed by atoms with Crippen LogP contribution in [0.1, 0.15) is 0 Å². The Kier molecular flexibility index (Phi) is 2.92. The van der Waals surface area contributed by atoms with Gasteiger partial charge in [0.15, 0.2) is 0 Å². The van der Waals surface area contributed by atoms with E-state index in [4.69, 9.17) is 4.74 Å². The van der Waals surface area contributed by atoms with Gasteiger partial charge in [-0.2, -0.15) is 0 Å². The number of nitrogens with one attached hydrogen (secondary N) is 1. The molecule has 0 spiro atoms. The number of carbonyl (C=O) groups excluding carboxylic acids is 1. The fraction of sp³-hybridized carbons (Fsp3) is 0.571. The van der Waals surface area contributed by atoms with E-state index in [1.807, 2.05) is 0 Å². The maximum atomic E-state index is 10.5. The first kappa shape index (κ1) is 8.07. The smallest absolute Gasteiger partial charge is 0.407 e. The Hall–Kier alpha value is -1.03. The van der Waals surface area contributed by atoms with Crippen molar-refractivity contribution in [3.63, 3.8) is 0 Å². The third-order valence-corrected chi connectivity index (χ3v) is 1.29. The first-order chi connectivity index (χ1) is 5.33. The molecule has 11 heavy (non-hydrogen) atoms. The van der Waals surface area contributed by atoms with Crippen LogP contribution in [0.3, 0.4) is 0 Å². The summed E-state index contributed by atoms with van der Waals surface area (Å²) in [4.78, 5) is 10.5. The van der Waals surface area contributed by atoms with Crippen molar-refractivity contribution in [1.29, 1.82) is 0 Å². The summed E-state index contributed by atoms with van der Waals surface area (Å²) in [5.74, 6) is 0. The van der Waals surface area contributed by atoms with Gasteiger partial charge in [0, 0.05) is 0 Å². The minimum Gasteiger partial charge on any atom is -0.447 e. The predicted molar refractivity (Wildman–Crippen MR) is 39.3 cm³/mol. The van der Waals surface area contributed by atoms with Crippen molar-refractivity contribution in [2.45, 2.75) is 6.04 Å². The van der Waals surface area contributed by atoms with Gasteiger partial charge in [-0.3, -0.25) is 0 Å². The van der Waals surface area contributed by atoms with Crippen LogP contribution in [0.4, 0.5) is 4.79 Å². The van der Waals surface area contributed by atoms with Crippen LogP contribution in [0.2, 0.25) is 0 Å². The molecule has 1 atom stereocenters. The van der Waals surface area contributed by atoms with E-state index in [2.05, 4.69) is 16.6 Å².